The molecule has 1 fully saturated rings. The van der Waals surface area contributed by atoms with Gasteiger partial charge in [0.2, 0.25) is 0 Å². The maximum Gasteiger partial charge on any atom is 0.407 e. The van der Waals surface area contributed by atoms with Gasteiger partial charge in [0.05, 0.1) is 0 Å². The maximum atomic E-state index is 10.4. The monoisotopic (exact) mass is 158 g/mol. The van der Waals surface area contributed by atoms with Crippen molar-refractivity contribution in [3.8, 4) is 0 Å². The van der Waals surface area contributed by atoms with Crippen molar-refractivity contribution >= 4 is 6.09 Å². The Kier molecular flexibility index (Phi) is 2.70. The Balaban J connectivity index is 2.30. The third-order valence-electron chi connectivity index (χ3n) is 2.22. The SMILES string of the molecule is NCC1CCN(C(=O)O)CC1. The molecule has 0 radical (unpaired) electrons. The van der Waals surface area contributed by atoms with Crippen LogP contribution < -0.4 is 5.73 Å². The van der Waals surface area contributed by atoms with Crippen molar-refractivity contribution in [2.45, 2.75) is 12.8 Å². The molecule has 0 bridgehead atoms. The van der Waals surface area contributed by atoms with Crippen LogP contribution in [0.5, 0.6) is 0 Å². The molecule has 1 aliphatic heterocycles. The first-order chi connectivity index (χ1) is 5.24. The summed E-state index contributed by atoms with van der Waals surface area (Å²) in [5.41, 5.74) is 5.46. The largest absolute Gasteiger partial charge is 0.465 e. The summed E-state index contributed by atoms with van der Waals surface area (Å²) in [5, 5.41) is 8.59. The van der Waals surface area contributed by atoms with Gasteiger partial charge in [0.1, 0.15) is 0 Å². The third kappa shape index (κ3) is 2.08. The van der Waals surface area contributed by atoms with Gasteiger partial charge in [0.15, 0.2) is 0 Å². The molecule has 64 valence electrons. The fraction of sp³-hybridized carbons (Fsp3) is 0.857. The Morgan fingerprint density at radius 2 is 2.09 bits per heavy atom. The Morgan fingerprint density at radius 1 is 1.55 bits per heavy atom. The van der Waals surface area contributed by atoms with Gasteiger partial charge in [-0.15, -0.1) is 0 Å². The lowest BCUT2D eigenvalue weighted by atomic mass is 9.97. The second-order valence-electron chi connectivity index (χ2n) is 2.95. The lowest BCUT2D eigenvalue weighted by Crippen LogP contribution is -2.39. The van der Waals surface area contributed by atoms with Gasteiger partial charge in [-0.05, 0) is 25.3 Å². The van der Waals surface area contributed by atoms with E-state index >= 15 is 0 Å². The standard InChI is InChI=1S/C7H14N2O2/c8-5-6-1-3-9(4-2-6)7(10)11/h6H,1-5,8H2,(H,10,11). The number of hydrogen-bond acceptors (Lipinski definition) is 2. The Bertz CT molecular complexity index is 141. The highest BCUT2D eigenvalue weighted by atomic mass is 16.4. The number of carbonyl (C=O) groups is 1. The predicted molar refractivity (Wildman–Crippen MR) is 41.4 cm³/mol. The second-order valence-corrected chi connectivity index (χ2v) is 2.95. The minimum Gasteiger partial charge on any atom is -0.465 e. The first-order valence-electron chi connectivity index (χ1n) is 3.92. The van der Waals surface area contributed by atoms with E-state index in [0.29, 0.717) is 25.6 Å². The molecule has 3 N–H and O–H groups in total. The quantitative estimate of drug-likeness (QED) is 0.578. The number of rotatable bonds is 1. The molecular formula is C7H14N2O2. The van der Waals surface area contributed by atoms with E-state index in [1.54, 1.807) is 0 Å². The van der Waals surface area contributed by atoms with E-state index in [9.17, 15) is 4.79 Å². The van der Waals surface area contributed by atoms with Crippen molar-refractivity contribution in [3.05, 3.63) is 0 Å². The van der Waals surface area contributed by atoms with Crippen molar-refractivity contribution in [2.24, 2.45) is 11.7 Å². The minimum absolute atomic E-state index is 0.533. The molecule has 1 amide bonds. The van der Waals surface area contributed by atoms with Crippen LogP contribution in [0.25, 0.3) is 0 Å². The third-order valence-corrected chi connectivity index (χ3v) is 2.22. The van der Waals surface area contributed by atoms with Gasteiger partial charge in [0.25, 0.3) is 0 Å². The van der Waals surface area contributed by atoms with E-state index in [4.69, 9.17) is 10.8 Å². The molecule has 0 aromatic rings. The Hall–Kier alpha value is -0.770. The summed E-state index contributed by atoms with van der Waals surface area (Å²) in [4.78, 5) is 11.9. The van der Waals surface area contributed by atoms with E-state index in [1.165, 1.54) is 4.90 Å². The van der Waals surface area contributed by atoms with Crippen LogP contribution in [0, 0.1) is 5.92 Å². The summed E-state index contributed by atoms with van der Waals surface area (Å²) in [7, 11) is 0. The molecule has 0 unspecified atom stereocenters. The molecule has 0 aromatic heterocycles. The number of piperidine rings is 1. The lowest BCUT2D eigenvalue weighted by molar-refractivity contribution is 0.125. The second kappa shape index (κ2) is 3.57. The smallest absolute Gasteiger partial charge is 0.407 e. The van der Waals surface area contributed by atoms with Gasteiger partial charge in [-0.1, -0.05) is 0 Å². The number of likely N-dealkylation sites (tertiary alicyclic amines) is 1. The topological polar surface area (TPSA) is 66.6 Å². The molecule has 1 rings (SSSR count). The maximum absolute atomic E-state index is 10.4. The predicted octanol–water partition coefficient (Wildman–Crippen LogP) is 0.335. The highest BCUT2D eigenvalue weighted by molar-refractivity contribution is 5.64. The van der Waals surface area contributed by atoms with Crippen LogP contribution >= 0.6 is 0 Å². The summed E-state index contributed by atoms with van der Waals surface area (Å²) < 4.78 is 0. The van der Waals surface area contributed by atoms with E-state index < -0.39 is 6.09 Å². The molecular weight excluding hydrogens is 144 g/mol. The summed E-state index contributed by atoms with van der Waals surface area (Å²) in [6.45, 7) is 1.99. The highest BCUT2D eigenvalue weighted by Gasteiger charge is 2.20. The molecule has 0 atom stereocenters. The molecule has 1 heterocycles. The average Bonchev–Trinajstić information content (AvgIpc) is 2.05. The summed E-state index contributed by atoms with van der Waals surface area (Å²) in [6, 6.07) is 0. The molecule has 4 nitrogen and oxygen atoms in total. The molecule has 0 aliphatic carbocycles. The zero-order valence-corrected chi connectivity index (χ0v) is 6.49. The van der Waals surface area contributed by atoms with Crippen LogP contribution in [0.15, 0.2) is 0 Å². The van der Waals surface area contributed by atoms with Gasteiger partial charge in [-0.25, -0.2) is 4.79 Å². The van der Waals surface area contributed by atoms with Crippen LogP contribution in [-0.4, -0.2) is 35.7 Å². The molecule has 4 heteroatoms. The molecule has 0 spiro atoms. The van der Waals surface area contributed by atoms with E-state index in [1.807, 2.05) is 0 Å². The van der Waals surface area contributed by atoms with Crippen LogP contribution in [0.2, 0.25) is 0 Å². The fourth-order valence-corrected chi connectivity index (χ4v) is 1.36. The normalized spacial score (nSPS) is 20.3. The van der Waals surface area contributed by atoms with Crippen LogP contribution in [0.3, 0.4) is 0 Å². The van der Waals surface area contributed by atoms with E-state index in [0.717, 1.165) is 12.8 Å². The number of nitrogens with two attached hydrogens (primary N) is 1. The van der Waals surface area contributed by atoms with Crippen molar-refractivity contribution in [3.63, 3.8) is 0 Å². The van der Waals surface area contributed by atoms with Gasteiger partial charge in [-0.3, -0.25) is 0 Å². The van der Waals surface area contributed by atoms with Gasteiger partial charge in [-0.2, -0.15) is 0 Å². The van der Waals surface area contributed by atoms with Crippen LogP contribution in [0.1, 0.15) is 12.8 Å². The van der Waals surface area contributed by atoms with E-state index in [-0.39, 0.29) is 0 Å². The minimum atomic E-state index is -0.805. The van der Waals surface area contributed by atoms with Crippen molar-refractivity contribution in [1.29, 1.82) is 0 Å². The number of carboxylic acid groups (broad SMARTS) is 1. The summed E-state index contributed by atoms with van der Waals surface area (Å²) >= 11 is 0. The zero-order chi connectivity index (χ0) is 8.27. The number of hydrogen-bond donors (Lipinski definition) is 2. The number of nitrogens with zero attached hydrogens (tertiary/aromatic N) is 1. The zero-order valence-electron chi connectivity index (χ0n) is 6.49. The highest BCUT2D eigenvalue weighted by Crippen LogP contribution is 2.15. The lowest BCUT2D eigenvalue weighted by Gasteiger charge is -2.28. The Morgan fingerprint density at radius 3 is 2.45 bits per heavy atom. The van der Waals surface area contributed by atoms with Gasteiger partial charge < -0.3 is 15.7 Å². The number of amides is 1. The molecule has 1 aliphatic rings. The first kappa shape index (κ1) is 8.33. The fourth-order valence-electron chi connectivity index (χ4n) is 1.36. The van der Waals surface area contributed by atoms with E-state index in [2.05, 4.69) is 0 Å². The molecule has 11 heavy (non-hydrogen) atoms. The van der Waals surface area contributed by atoms with Crippen molar-refractivity contribution in [1.82, 2.24) is 4.90 Å². The van der Waals surface area contributed by atoms with Gasteiger partial charge >= 0.3 is 6.09 Å². The van der Waals surface area contributed by atoms with Crippen LogP contribution in [-0.2, 0) is 0 Å². The van der Waals surface area contributed by atoms with Gasteiger partial charge in [0, 0.05) is 13.1 Å². The van der Waals surface area contributed by atoms with Crippen LogP contribution in [0.4, 0.5) is 4.79 Å². The molecule has 0 saturated carbocycles. The average molecular weight is 158 g/mol. The van der Waals surface area contributed by atoms with Crippen molar-refractivity contribution < 1.29 is 9.90 Å². The summed E-state index contributed by atoms with van der Waals surface area (Å²) in [6.07, 6.45) is 1.03. The summed E-state index contributed by atoms with van der Waals surface area (Å²) in [5.74, 6) is 0.533. The first-order valence-corrected chi connectivity index (χ1v) is 3.92. The Labute approximate surface area is 66.0 Å². The molecule has 0 aromatic carbocycles. The van der Waals surface area contributed by atoms with Crippen molar-refractivity contribution in [2.75, 3.05) is 19.6 Å². The molecule has 1 saturated heterocycles.